The molecule has 0 aliphatic carbocycles. The average molecular weight is 333 g/mol. The zero-order valence-corrected chi connectivity index (χ0v) is 13.1. The number of carbonyl (C=O) groups excluding carboxylic acids is 1. The summed E-state index contributed by atoms with van der Waals surface area (Å²) in [5, 5.41) is 3.33. The minimum absolute atomic E-state index is 0.000211. The highest BCUT2D eigenvalue weighted by Crippen LogP contribution is 2.20. The Morgan fingerprint density at radius 3 is 2.45 bits per heavy atom. The number of hydrogen-bond acceptors (Lipinski definition) is 2. The lowest BCUT2D eigenvalue weighted by atomic mass is 10.1. The first kappa shape index (κ1) is 14.6. The molecule has 2 aromatic rings. The first-order chi connectivity index (χ1) is 9.59. The predicted octanol–water partition coefficient (Wildman–Crippen LogP) is 3.76. The van der Waals surface area contributed by atoms with E-state index < -0.39 is 0 Å². The molecule has 0 fully saturated rings. The SMILES string of the molecule is CN(C)C(=O)c1ccccc1NCc1ccccc1Br. The second kappa shape index (κ2) is 6.57. The number of anilines is 1. The third-order valence-electron chi connectivity index (χ3n) is 2.99. The minimum Gasteiger partial charge on any atom is -0.380 e. The summed E-state index contributed by atoms with van der Waals surface area (Å²) in [6.07, 6.45) is 0. The highest BCUT2D eigenvalue weighted by molar-refractivity contribution is 9.10. The smallest absolute Gasteiger partial charge is 0.255 e. The Labute approximate surface area is 127 Å². The van der Waals surface area contributed by atoms with Crippen molar-refractivity contribution in [3.8, 4) is 0 Å². The van der Waals surface area contributed by atoms with Gasteiger partial charge in [0.1, 0.15) is 0 Å². The molecule has 0 aliphatic heterocycles. The van der Waals surface area contributed by atoms with Gasteiger partial charge in [-0.05, 0) is 23.8 Å². The minimum atomic E-state index is 0.000211. The lowest BCUT2D eigenvalue weighted by Gasteiger charge is -2.15. The molecule has 104 valence electrons. The van der Waals surface area contributed by atoms with E-state index in [0.717, 1.165) is 15.7 Å². The van der Waals surface area contributed by atoms with E-state index in [-0.39, 0.29) is 5.91 Å². The lowest BCUT2D eigenvalue weighted by molar-refractivity contribution is 0.0828. The number of para-hydroxylation sites is 1. The van der Waals surface area contributed by atoms with Gasteiger partial charge in [0.05, 0.1) is 5.56 Å². The number of carbonyl (C=O) groups is 1. The maximum atomic E-state index is 12.1. The molecule has 4 heteroatoms. The van der Waals surface area contributed by atoms with E-state index in [2.05, 4.69) is 21.2 Å². The number of amides is 1. The first-order valence-corrected chi connectivity index (χ1v) is 7.17. The van der Waals surface area contributed by atoms with Gasteiger partial charge in [-0.25, -0.2) is 0 Å². The largest absolute Gasteiger partial charge is 0.380 e. The zero-order valence-electron chi connectivity index (χ0n) is 11.6. The van der Waals surface area contributed by atoms with Crippen LogP contribution in [0.4, 0.5) is 5.69 Å². The van der Waals surface area contributed by atoms with Gasteiger partial charge in [0.2, 0.25) is 0 Å². The maximum absolute atomic E-state index is 12.1. The fourth-order valence-electron chi connectivity index (χ4n) is 1.90. The molecule has 0 unspecified atom stereocenters. The normalized spacial score (nSPS) is 10.2. The number of rotatable bonds is 4. The summed E-state index contributed by atoms with van der Waals surface area (Å²) in [6, 6.07) is 15.6. The number of nitrogens with one attached hydrogen (secondary N) is 1. The third kappa shape index (κ3) is 3.39. The van der Waals surface area contributed by atoms with Crippen molar-refractivity contribution in [2.75, 3.05) is 19.4 Å². The molecule has 2 aromatic carbocycles. The predicted molar refractivity (Wildman–Crippen MR) is 85.9 cm³/mol. The molecule has 0 aromatic heterocycles. The van der Waals surface area contributed by atoms with Gasteiger partial charge in [0.25, 0.3) is 5.91 Å². The van der Waals surface area contributed by atoms with Crippen LogP contribution in [-0.2, 0) is 6.54 Å². The molecule has 0 atom stereocenters. The van der Waals surface area contributed by atoms with Gasteiger partial charge in [-0.2, -0.15) is 0 Å². The Morgan fingerprint density at radius 2 is 1.75 bits per heavy atom. The third-order valence-corrected chi connectivity index (χ3v) is 3.76. The van der Waals surface area contributed by atoms with Gasteiger partial charge in [0, 0.05) is 30.8 Å². The molecule has 0 radical (unpaired) electrons. The van der Waals surface area contributed by atoms with E-state index in [1.807, 2.05) is 48.5 Å². The molecule has 1 amide bonds. The summed E-state index contributed by atoms with van der Waals surface area (Å²) < 4.78 is 1.06. The standard InChI is InChI=1S/C16H17BrN2O/c1-19(2)16(20)13-8-4-6-10-15(13)18-11-12-7-3-5-9-14(12)17/h3-10,18H,11H2,1-2H3. The van der Waals surface area contributed by atoms with Gasteiger partial charge in [0.15, 0.2) is 0 Å². The zero-order chi connectivity index (χ0) is 14.5. The van der Waals surface area contributed by atoms with Crippen molar-refractivity contribution >= 4 is 27.5 Å². The molecule has 3 nitrogen and oxygen atoms in total. The molecular weight excluding hydrogens is 316 g/mol. The van der Waals surface area contributed by atoms with Crippen LogP contribution in [0.2, 0.25) is 0 Å². The van der Waals surface area contributed by atoms with Crippen molar-refractivity contribution < 1.29 is 4.79 Å². The monoisotopic (exact) mass is 332 g/mol. The molecule has 0 saturated heterocycles. The number of benzene rings is 2. The Morgan fingerprint density at radius 1 is 1.10 bits per heavy atom. The van der Waals surface area contributed by atoms with Crippen LogP contribution in [0.5, 0.6) is 0 Å². The van der Waals surface area contributed by atoms with Gasteiger partial charge in [-0.3, -0.25) is 4.79 Å². The maximum Gasteiger partial charge on any atom is 0.255 e. The Balaban J connectivity index is 2.18. The number of hydrogen-bond donors (Lipinski definition) is 1. The van der Waals surface area contributed by atoms with Crippen molar-refractivity contribution in [3.05, 3.63) is 64.1 Å². The van der Waals surface area contributed by atoms with E-state index in [0.29, 0.717) is 12.1 Å². The topological polar surface area (TPSA) is 32.3 Å². The second-order valence-corrected chi connectivity index (χ2v) is 5.54. The van der Waals surface area contributed by atoms with E-state index in [9.17, 15) is 4.79 Å². The molecule has 0 heterocycles. The van der Waals surface area contributed by atoms with Crippen LogP contribution in [-0.4, -0.2) is 24.9 Å². The summed E-state index contributed by atoms with van der Waals surface area (Å²) in [7, 11) is 3.51. The highest BCUT2D eigenvalue weighted by atomic mass is 79.9. The first-order valence-electron chi connectivity index (χ1n) is 6.37. The van der Waals surface area contributed by atoms with Gasteiger partial charge < -0.3 is 10.2 Å². The molecule has 20 heavy (non-hydrogen) atoms. The van der Waals surface area contributed by atoms with Gasteiger partial charge in [-0.1, -0.05) is 46.3 Å². The number of halogens is 1. The molecule has 0 aliphatic rings. The summed E-state index contributed by atoms with van der Waals surface area (Å²) in [4.78, 5) is 13.7. The Bertz CT molecular complexity index is 611. The van der Waals surface area contributed by atoms with E-state index in [1.165, 1.54) is 0 Å². The van der Waals surface area contributed by atoms with E-state index in [1.54, 1.807) is 19.0 Å². The molecular formula is C16H17BrN2O. The van der Waals surface area contributed by atoms with Crippen LogP contribution in [0, 0.1) is 0 Å². The van der Waals surface area contributed by atoms with Crippen LogP contribution in [0.15, 0.2) is 53.0 Å². The fourth-order valence-corrected chi connectivity index (χ4v) is 2.32. The van der Waals surface area contributed by atoms with Gasteiger partial charge >= 0.3 is 0 Å². The van der Waals surface area contributed by atoms with Crippen molar-refractivity contribution in [2.24, 2.45) is 0 Å². The van der Waals surface area contributed by atoms with Gasteiger partial charge in [-0.15, -0.1) is 0 Å². The Hall–Kier alpha value is -1.81. The highest BCUT2D eigenvalue weighted by Gasteiger charge is 2.12. The lowest BCUT2D eigenvalue weighted by Crippen LogP contribution is -2.22. The van der Waals surface area contributed by atoms with Crippen molar-refractivity contribution in [2.45, 2.75) is 6.54 Å². The van der Waals surface area contributed by atoms with Crippen LogP contribution in [0.3, 0.4) is 0 Å². The number of nitrogens with zero attached hydrogens (tertiary/aromatic N) is 1. The molecule has 1 N–H and O–H groups in total. The molecule has 0 spiro atoms. The van der Waals surface area contributed by atoms with E-state index in [4.69, 9.17) is 0 Å². The van der Waals surface area contributed by atoms with E-state index >= 15 is 0 Å². The molecule has 0 bridgehead atoms. The quantitative estimate of drug-likeness (QED) is 0.924. The van der Waals surface area contributed by atoms with Crippen LogP contribution in [0.25, 0.3) is 0 Å². The Kier molecular flexibility index (Phi) is 4.79. The molecule has 2 rings (SSSR count). The summed E-state index contributed by atoms with van der Waals surface area (Å²) in [6.45, 7) is 0.666. The summed E-state index contributed by atoms with van der Waals surface area (Å²) in [5.74, 6) is 0.000211. The fraction of sp³-hybridized carbons (Fsp3) is 0.188. The average Bonchev–Trinajstić information content (AvgIpc) is 2.46. The molecule has 0 saturated carbocycles. The summed E-state index contributed by atoms with van der Waals surface area (Å²) >= 11 is 3.53. The van der Waals surface area contributed by atoms with Crippen molar-refractivity contribution in [1.29, 1.82) is 0 Å². The van der Waals surface area contributed by atoms with Crippen molar-refractivity contribution in [3.63, 3.8) is 0 Å². The van der Waals surface area contributed by atoms with Crippen LogP contribution < -0.4 is 5.32 Å². The second-order valence-electron chi connectivity index (χ2n) is 4.69. The van der Waals surface area contributed by atoms with Crippen LogP contribution >= 0.6 is 15.9 Å². The van der Waals surface area contributed by atoms with Crippen LogP contribution in [0.1, 0.15) is 15.9 Å². The summed E-state index contributed by atoms with van der Waals surface area (Å²) in [5.41, 5.74) is 2.69. The van der Waals surface area contributed by atoms with Crippen molar-refractivity contribution in [1.82, 2.24) is 4.90 Å².